The first-order valence-corrected chi connectivity index (χ1v) is 7.13. The van der Waals surface area contributed by atoms with Crippen LogP contribution in [-0.4, -0.2) is 30.8 Å². The highest BCUT2D eigenvalue weighted by Crippen LogP contribution is 2.14. The number of aryl methyl sites for hydroxylation is 1. The summed E-state index contributed by atoms with van der Waals surface area (Å²) in [7, 11) is 1.18. The summed E-state index contributed by atoms with van der Waals surface area (Å²) in [4.78, 5) is 23.5. The molecular formula is C16H21F2NO4. The van der Waals surface area contributed by atoms with E-state index < -0.39 is 35.3 Å². The van der Waals surface area contributed by atoms with Gasteiger partial charge in [-0.05, 0) is 57.4 Å². The lowest BCUT2D eigenvalue weighted by atomic mass is 10.0. The van der Waals surface area contributed by atoms with Crippen LogP contribution in [-0.2, 0) is 20.7 Å². The fourth-order valence-corrected chi connectivity index (χ4v) is 1.88. The summed E-state index contributed by atoms with van der Waals surface area (Å²) < 4.78 is 36.4. The Morgan fingerprint density at radius 3 is 2.48 bits per heavy atom. The molecule has 0 aliphatic heterocycles. The zero-order valence-corrected chi connectivity index (χ0v) is 13.6. The Balaban J connectivity index is 2.74. The molecule has 0 fully saturated rings. The van der Waals surface area contributed by atoms with Crippen molar-refractivity contribution in [3.8, 4) is 0 Å². The maximum atomic E-state index is 13.6. The molecule has 1 amide bonds. The number of esters is 1. The quantitative estimate of drug-likeness (QED) is 0.844. The number of hydrogen-bond acceptors (Lipinski definition) is 4. The normalized spacial score (nSPS) is 12.4. The molecule has 128 valence electrons. The molecule has 0 heterocycles. The van der Waals surface area contributed by atoms with Gasteiger partial charge in [0.2, 0.25) is 0 Å². The number of halogens is 2. The molecule has 1 rings (SSSR count). The first kappa shape index (κ1) is 18.9. The average molecular weight is 329 g/mol. The molecule has 0 saturated heterocycles. The molecule has 5 nitrogen and oxygen atoms in total. The average Bonchev–Trinajstić information content (AvgIpc) is 2.43. The first-order chi connectivity index (χ1) is 10.6. The van der Waals surface area contributed by atoms with Crippen LogP contribution in [0.1, 0.15) is 32.8 Å². The number of rotatable bonds is 5. The van der Waals surface area contributed by atoms with Gasteiger partial charge < -0.3 is 14.8 Å². The van der Waals surface area contributed by atoms with E-state index in [1.54, 1.807) is 20.8 Å². The van der Waals surface area contributed by atoms with Gasteiger partial charge in [-0.3, -0.25) is 0 Å². The molecule has 1 atom stereocenters. The smallest absolute Gasteiger partial charge is 0.408 e. The van der Waals surface area contributed by atoms with E-state index >= 15 is 0 Å². The zero-order valence-electron chi connectivity index (χ0n) is 13.6. The van der Waals surface area contributed by atoms with E-state index in [0.29, 0.717) is 0 Å². The highest BCUT2D eigenvalue weighted by atomic mass is 19.1. The predicted octanol–water partition coefficient (Wildman–Crippen LogP) is 2.96. The molecule has 7 heteroatoms. The summed E-state index contributed by atoms with van der Waals surface area (Å²) in [6, 6.07) is 2.06. The van der Waals surface area contributed by atoms with Crippen molar-refractivity contribution in [2.45, 2.75) is 45.3 Å². The lowest BCUT2D eigenvalue weighted by Gasteiger charge is -2.22. The maximum Gasteiger partial charge on any atom is 0.408 e. The van der Waals surface area contributed by atoms with Gasteiger partial charge in [-0.2, -0.15) is 0 Å². The molecule has 1 aromatic carbocycles. The number of ether oxygens (including phenoxy) is 2. The number of hydrogen-bond donors (Lipinski definition) is 1. The molecule has 0 aliphatic rings. The van der Waals surface area contributed by atoms with Gasteiger partial charge in [-0.1, -0.05) is 0 Å². The van der Waals surface area contributed by atoms with Crippen LogP contribution in [0.2, 0.25) is 0 Å². The topological polar surface area (TPSA) is 64.6 Å². The van der Waals surface area contributed by atoms with Crippen LogP contribution in [0.5, 0.6) is 0 Å². The van der Waals surface area contributed by atoms with Gasteiger partial charge >= 0.3 is 12.1 Å². The Bertz CT molecular complexity index is 570. The van der Waals surface area contributed by atoms with Crippen LogP contribution in [0.25, 0.3) is 0 Å². The number of carbonyl (C=O) groups is 2. The van der Waals surface area contributed by atoms with Crippen LogP contribution in [0, 0.1) is 11.6 Å². The van der Waals surface area contributed by atoms with Gasteiger partial charge in [0.1, 0.15) is 23.3 Å². The lowest BCUT2D eigenvalue weighted by molar-refractivity contribution is -0.143. The summed E-state index contributed by atoms with van der Waals surface area (Å²) in [5.41, 5.74) is -0.607. The van der Waals surface area contributed by atoms with Gasteiger partial charge in [0.25, 0.3) is 0 Å². The molecule has 1 N–H and O–H groups in total. The fraction of sp³-hybridized carbons (Fsp3) is 0.500. The second-order valence-corrected chi connectivity index (χ2v) is 6.00. The number of alkyl carbamates (subject to hydrolysis) is 1. The molecule has 0 spiro atoms. The zero-order chi connectivity index (χ0) is 17.6. The van der Waals surface area contributed by atoms with Crippen LogP contribution >= 0.6 is 0 Å². The Labute approximate surface area is 134 Å². The Morgan fingerprint density at radius 1 is 1.26 bits per heavy atom. The van der Waals surface area contributed by atoms with Crippen molar-refractivity contribution in [1.82, 2.24) is 5.32 Å². The molecule has 0 aliphatic carbocycles. The van der Waals surface area contributed by atoms with Crippen LogP contribution < -0.4 is 5.32 Å². The monoisotopic (exact) mass is 329 g/mol. The van der Waals surface area contributed by atoms with E-state index in [-0.39, 0.29) is 18.4 Å². The van der Waals surface area contributed by atoms with Gasteiger partial charge in [-0.15, -0.1) is 0 Å². The maximum absolute atomic E-state index is 13.6. The van der Waals surface area contributed by atoms with Crippen molar-refractivity contribution in [3.63, 3.8) is 0 Å². The third kappa shape index (κ3) is 6.63. The number of nitrogens with one attached hydrogen (secondary N) is 1. The fourth-order valence-electron chi connectivity index (χ4n) is 1.88. The molecule has 0 bridgehead atoms. The number of carbonyl (C=O) groups excluding carboxylic acids is 2. The Hall–Kier alpha value is -2.18. The Morgan fingerprint density at radius 2 is 1.91 bits per heavy atom. The number of methoxy groups -OCH3 is 1. The third-order valence-electron chi connectivity index (χ3n) is 2.89. The molecular weight excluding hydrogens is 308 g/mol. The molecule has 0 saturated carbocycles. The van der Waals surface area contributed by atoms with Crippen molar-refractivity contribution >= 4 is 12.1 Å². The predicted molar refractivity (Wildman–Crippen MR) is 79.9 cm³/mol. The largest absolute Gasteiger partial charge is 0.467 e. The Kier molecular flexibility index (Phi) is 6.48. The highest BCUT2D eigenvalue weighted by Gasteiger charge is 2.25. The van der Waals surface area contributed by atoms with Crippen LogP contribution in [0.4, 0.5) is 13.6 Å². The van der Waals surface area contributed by atoms with Gasteiger partial charge in [0, 0.05) is 0 Å². The second kappa shape index (κ2) is 7.89. The summed E-state index contributed by atoms with van der Waals surface area (Å²) in [5, 5.41) is 2.38. The van der Waals surface area contributed by atoms with E-state index in [2.05, 4.69) is 10.1 Å². The molecule has 23 heavy (non-hydrogen) atoms. The van der Waals surface area contributed by atoms with E-state index in [0.717, 1.165) is 18.2 Å². The van der Waals surface area contributed by atoms with Crippen molar-refractivity contribution in [1.29, 1.82) is 0 Å². The van der Waals surface area contributed by atoms with Crippen molar-refractivity contribution < 1.29 is 27.8 Å². The van der Waals surface area contributed by atoms with E-state index in [1.807, 2.05) is 0 Å². The summed E-state index contributed by atoms with van der Waals surface area (Å²) >= 11 is 0. The van der Waals surface area contributed by atoms with Gasteiger partial charge in [0.15, 0.2) is 0 Å². The van der Waals surface area contributed by atoms with E-state index in [1.165, 1.54) is 7.11 Å². The summed E-state index contributed by atoms with van der Waals surface area (Å²) in [6.45, 7) is 5.05. The number of benzene rings is 1. The third-order valence-corrected chi connectivity index (χ3v) is 2.89. The van der Waals surface area contributed by atoms with Gasteiger partial charge in [-0.25, -0.2) is 18.4 Å². The molecule has 0 radical (unpaired) electrons. The SMILES string of the molecule is COC(=O)[C@@H](CCc1cc(F)ccc1F)NC(=O)OC(C)(C)C. The second-order valence-electron chi connectivity index (χ2n) is 6.00. The first-order valence-electron chi connectivity index (χ1n) is 7.13. The lowest BCUT2D eigenvalue weighted by Crippen LogP contribution is -2.44. The minimum absolute atomic E-state index is 0.0479. The standard InChI is InChI=1S/C16H21F2NO4/c1-16(2,3)23-15(21)19-13(14(20)22-4)8-5-10-9-11(17)6-7-12(10)18/h6-7,9,13H,5,8H2,1-4H3,(H,19,21)/t13-/m1/s1. The van der Waals surface area contributed by atoms with E-state index in [4.69, 9.17) is 4.74 Å². The van der Waals surface area contributed by atoms with Crippen molar-refractivity contribution in [2.75, 3.05) is 7.11 Å². The molecule has 1 aromatic rings. The highest BCUT2D eigenvalue weighted by molar-refractivity contribution is 5.81. The van der Waals surface area contributed by atoms with Crippen LogP contribution in [0.3, 0.4) is 0 Å². The number of amides is 1. The van der Waals surface area contributed by atoms with Crippen LogP contribution in [0.15, 0.2) is 18.2 Å². The van der Waals surface area contributed by atoms with E-state index in [9.17, 15) is 18.4 Å². The molecule has 0 aromatic heterocycles. The minimum Gasteiger partial charge on any atom is -0.467 e. The minimum atomic E-state index is -1.02. The summed E-state index contributed by atoms with van der Waals surface area (Å²) in [6.07, 6.45) is -0.682. The molecule has 0 unspecified atom stereocenters. The summed E-state index contributed by atoms with van der Waals surface area (Å²) in [5.74, 6) is -1.84. The van der Waals surface area contributed by atoms with Crippen molar-refractivity contribution in [2.24, 2.45) is 0 Å². The van der Waals surface area contributed by atoms with Crippen molar-refractivity contribution in [3.05, 3.63) is 35.4 Å². The van der Waals surface area contributed by atoms with Gasteiger partial charge in [0.05, 0.1) is 7.11 Å².